The van der Waals surface area contributed by atoms with Gasteiger partial charge >= 0.3 is 0 Å². The van der Waals surface area contributed by atoms with Crippen LogP contribution in [0.25, 0.3) is 11.4 Å². The van der Waals surface area contributed by atoms with Gasteiger partial charge in [0.15, 0.2) is 5.82 Å². The van der Waals surface area contributed by atoms with E-state index in [0.717, 1.165) is 34.5 Å². The van der Waals surface area contributed by atoms with Gasteiger partial charge in [-0.1, -0.05) is 57.9 Å². The molecule has 3 nitrogen and oxygen atoms in total. The molecule has 0 spiro atoms. The second-order valence-corrected chi connectivity index (χ2v) is 7.30. The minimum atomic E-state index is 0.00308. The summed E-state index contributed by atoms with van der Waals surface area (Å²) >= 11 is 9.82. The molecule has 3 aromatic rings. The van der Waals surface area contributed by atoms with Gasteiger partial charge in [0.1, 0.15) is 5.82 Å². The van der Waals surface area contributed by atoms with Crippen molar-refractivity contribution in [3.63, 3.8) is 0 Å². The van der Waals surface area contributed by atoms with Gasteiger partial charge in [-0.15, -0.1) is 10.2 Å². The Hall–Kier alpha value is -1.65. The summed E-state index contributed by atoms with van der Waals surface area (Å²) in [6.45, 7) is 0. The summed E-state index contributed by atoms with van der Waals surface area (Å²) < 4.78 is 3.03. The molecule has 0 aliphatic heterocycles. The Morgan fingerprint density at radius 3 is 2.48 bits per heavy atom. The molecule has 0 N–H and O–H groups in total. The molecule has 1 fully saturated rings. The summed E-state index contributed by atoms with van der Waals surface area (Å²) in [5.74, 6) is 1.82. The number of hydrogen-bond donors (Lipinski definition) is 0. The first-order valence-electron chi connectivity index (χ1n) is 7.53. The molecule has 0 atom stereocenters. The first kappa shape index (κ1) is 14.9. The molecule has 5 heteroatoms. The standard InChI is InChI=1S/C18H15BrClN3/c1-23-16(14-8-7-13(19)11-15(14)20)21-22-17(23)18(9-10-18)12-5-3-2-4-6-12/h2-8,11H,9-10H2,1H3. The number of halogens is 2. The normalized spacial score (nSPS) is 15.6. The van der Waals surface area contributed by atoms with Crippen molar-refractivity contribution < 1.29 is 0 Å². The first-order valence-corrected chi connectivity index (χ1v) is 8.70. The fourth-order valence-electron chi connectivity index (χ4n) is 3.17. The number of aromatic nitrogens is 3. The van der Waals surface area contributed by atoms with E-state index in [2.05, 4.69) is 55.0 Å². The summed E-state index contributed by atoms with van der Waals surface area (Å²) in [4.78, 5) is 0. The van der Waals surface area contributed by atoms with Crippen molar-refractivity contribution in [2.45, 2.75) is 18.3 Å². The molecular formula is C18H15BrClN3. The highest BCUT2D eigenvalue weighted by atomic mass is 79.9. The zero-order chi connectivity index (χ0) is 16.0. The molecule has 1 aromatic heterocycles. The molecular weight excluding hydrogens is 374 g/mol. The van der Waals surface area contributed by atoms with Gasteiger partial charge in [0, 0.05) is 17.1 Å². The van der Waals surface area contributed by atoms with E-state index in [-0.39, 0.29) is 5.41 Å². The van der Waals surface area contributed by atoms with Crippen molar-refractivity contribution in [1.82, 2.24) is 14.8 Å². The van der Waals surface area contributed by atoms with E-state index in [1.165, 1.54) is 5.56 Å². The lowest BCUT2D eigenvalue weighted by Gasteiger charge is -2.15. The second-order valence-electron chi connectivity index (χ2n) is 5.98. The summed E-state index contributed by atoms with van der Waals surface area (Å²) in [6.07, 6.45) is 2.22. The molecule has 2 aromatic carbocycles. The van der Waals surface area contributed by atoms with Gasteiger partial charge in [-0.3, -0.25) is 0 Å². The summed E-state index contributed by atoms with van der Waals surface area (Å²) in [6, 6.07) is 16.4. The predicted octanol–water partition coefficient (Wildman–Crippen LogP) is 4.98. The maximum Gasteiger partial charge on any atom is 0.165 e. The Kier molecular flexibility index (Phi) is 3.54. The number of hydrogen-bond acceptors (Lipinski definition) is 2. The molecule has 0 amide bonds. The minimum Gasteiger partial charge on any atom is -0.313 e. The average Bonchev–Trinajstić information content (AvgIpc) is 3.27. The highest BCUT2D eigenvalue weighted by Crippen LogP contribution is 2.53. The van der Waals surface area contributed by atoms with Crippen molar-refractivity contribution in [2.24, 2.45) is 7.05 Å². The third-order valence-electron chi connectivity index (χ3n) is 4.55. The molecule has 1 aliphatic carbocycles. The van der Waals surface area contributed by atoms with Gasteiger partial charge in [0.2, 0.25) is 0 Å². The maximum absolute atomic E-state index is 6.38. The predicted molar refractivity (Wildman–Crippen MR) is 95.6 cm³/mol. The monoisotopic (exact) mass is 387 g/mol. The molecule has 0 radical (unpaired) electrons. The fourth-order valence-corrected chi connectivity index (χ4v) is 3.93. The Morgan fingerprint density at radius 1 is 1.09 bits per heavy atom. The number of benzene rings is 2. The topological polar surface area (TPSA) is 30.7 Å². The average molecular weight is 389 g/mol. The lowest BCUT2D eigenvalue weighted by Crippen LogP contribution is -2.15. The van der Waals surface area contributed by atoms with E-state index in [4.69, 9.17) is 11.6 Å². The Morgan fingerprint density at radius 2 is 1.83 bits per heavy atom. The van der Waals surface area contributed by atoms with Crippen LogP contribution in [0, 0.1) is 0 Å². The van der Waals surface area contributed by atoms with Crippen molar-refractivity contribution in [3.8, 4) is 11.4 Å². The van der Waals surface area contributed by atoms with Gasteiger partial charge in [0.05, 0.1) is 10.4 Å². The molecule has 0 unspecified atom stereocenters. The van der Waals surface area contributed by atoms with Crippen molar-refractivity contribution in [3.05, 3.63) is 69.4 Å². The highest BCUT2D eigenvalue weighted by Gasteiger charge is 2.49. The lowest BCUT2D eigenvalue weighted by atomic mass is 9.95. The molecule has 1 saturated carbocycles. The Balaban J connectivity index is 1.80. The van der Waals surface area contributed by atoms with Crippen LogP contribution in [-0.2, 0) is 12.5 Å². The van der Waals surface area contributed by atoms with Gasteiger partial charge in [-0.05, 0) is 36.6 Å². The number of rotatable bonds is 3. The Bertz CT molecular complexity index is 869. The summed E-state index contributed by atoms with van der Waals surface area (Å²) in [7, 11) is 2.02. The van der Waals surface area contributed by atoms with Crippen LogP contribution < -0.4 is 0 Å². The molecule has 0 bridgehead atoms. The third-order valence-corrected chi connectivity index (χ3v) is 5.36. The van der Waals surface area contributed by atoms with E-state index in [0.29, 0.717) is 5.02 Å². The van der Waals surface area contributed by atoms with Crippen LogP contribution in [0.1, 0.15) is 24.2 Å². The van der Waals surface area contributed by atoms with E-state index in [9.17, 15) is 0 Å². The van der Waals surface area contributed by atoms with Gasteiger partial charge < -0.3 is 4.57 Å². The maximum atomic E-state index is 6.38. The van der Waals surface area contributed by atoms with Gasteiger partial charge in [-0.25, -0.2) is 0 Å². The zero-order valence-corrected chi connectivity index (χ0v) is 15.0. The minimum absolute atomic E-state index is 0.00308. The van der Waals surface area contributed by atoms with E-state index in [1.807, 2.05) is 31.3 Å². The zero-order valence-electron chi connectivity index (χ0n) is 12.6. The van der Waals surface area contributed by atoms with Crippen LogP contribution >= 0.6 is 27.5 Å². The van der Waals surface area contributed by atoms with Gasteiger partial charge in [-0.2, -0.15) is 0 Å². The van der Waals surface area contributed by atoms with Crippen LogP contribution in [-0.4, -0.2) is 14.8 Å². The lowest BCUT2D eigenvalue weighted by molar-refractivity contribution is 0.694. The molecule has 1 heterocycles. The fraction of sp³-hybridized carbons (Fsp3) is 0.222. The van der Waals surface area contributed by atoms with Crippen LogP contribution in [0.2, 0.25) is 5.02 Å². The molecule has 116 valence electrons. The quantitative estimate of drug-likeness (QED) is 0.633. The van der Waals surface area contributed by atoms with E-state index in [1.54, 1.807) is 0 Å². The molecule has 1 aliphatic rings. The second kappa shape index (κ2) is 5.46. The Labute approximate surface area is 148 Å². The SMILES string of the molecule is Cn1c(-c2ccc(Br)cc2Cl)nnc1C1(c2ccccc2)CC1. The summed E-state index contributed by atoms with van der Waals surface area (Å²) in [5, 5.41) is 9.60. The smallest absolute Gasteiger partial charge is 0.165 e. The van der Waals surface area contributed by atoms with Crippen molar-refractivity contribution in [2.75, 3.05) is 0 Å². The first-order chi connectivity index (χ1) is 11.1. The van der Waals surface area contributed by atoms with Crippen molar-refractivity contribution in [1.29, 1.82) is 0 Å². The van der Waals surface area contributed by atoms with E-state index >= 15 is 0 Å². The van der Waals surface area contributed by atoms with Crippen molar-refractivity contribution >= 4 is 27.5 Å². The third kappa shape index (κ3) is 2.41. The van der Waals surface area contributed by atoms with Crippen LogP contribution in [0.3, 0.4) is 0 Å². The van der Waals surface area contributed by atoms with E-state index < -0.39 is 0 Å². The highest BCUT2D eigenvalue weighted by molar-refractivity contribution is 9.10. The molecule has 4 rings (SSSR count). The van der Waals surface area contributed by atoms with Crippen LogP contribution in [0.5, 0.6) is 0 Å². The molecule has 23 heavy (non-hydrogen) atoms. The summed E-state index contributed by atoms with van der Waals surface area (Å²) in [5.41, 5.74) is 2.22. The van der Waals surface area contributed by atoms with Crippen LogP contribution in [0.4, 0.5) is 0 Å². The van der Waals surface area contributed by atoms with Crippen LogP contribution in [0.15, 0.2) is 53.0 Å². The molecule has 0 saturated heterocycles. The van der Waals surface area contributed by atoms with Gasteiger partial charge in [0.25, 0.3) is 0 Å². The number of nitrogens with zero attached hydrogens (tertiary/aromatic N) is 3. The largest absolute Gasteiger partial charge is 0.313 e.